The summed E-state index contributed by atoms with van der Waals surface area (Å²) >= 11 is 0. The number of hydrogen-bond acceptors (Lipinski definition) is 8. The summed E-state index contributed by atoms with van der Waals surface area (Å²) in [5, 5.41) is -0.253. The molecule has 5 rings (SSSR count). The van der Waals surface area contributed by atoms with Crippen LogP contribution in [0.2, 0.25) is 0 Å². The van der Waals surface area contributed by atoms with Crippen LogP contribution in [0.15, 0.2) is 69.9 Å². The van der Waals surface area contributed by atoms with Gasteiger partial charge in [-0.05, 0) is 68.4 Å². The van der Waals surface area contributed by atoms with Gasteiger partial charge >= 0.3 is 12.1 Å². The van der Waals surface area contributed by atoms with Crippen LogP contribution in [0.4, 0.5) is 13.2 Å². The van der Waals surface area contributed by atoms with E-state index in [1.807, 2.05) is 0 Å². The second-order valence-corrected chi connectivity index (χ2v) is 9.25. The van der Waals surface area contributed by atoms with Crippen molar-refractivity contribution in [3.8, 4) is 23.0 Å². The fourth-order valence-corrected chi connectivity index (χ4v) is 4.28. The molecule has 12 heteroatoms. The molecule has 0 aliphatic carbocycles. The average molecular weight is 567 g/mol. The Hall–Kier alpha value is -5.13. The monoisotopic (exact) mass is 567 g/mol. The molecule has 210 valence electrons. The van der Waals surface area contributed by atoms with Gasteiger partial charge in [0.25, 0.3) is 17.6 Å². The van der Waals surface area contributed by atoms with Crippen molar-refractivity contribution in [1.29, 1.82) is 0 Å². The molecule has 1 aliphatic heterocycles. The average Bonchev–Trinajstić information content (AvgIpc) is 3.18. The molecule has 1 aliphatic rings. The molecule has 0 fully saturated rings. The first-order valence-electron chi connectivity index (χ1n) is 12.1. The minimum atomic E-state index is -5.10. The molecule has 0 spiro atoms. The molecule has 0 saturated heterocycles. The van der Waals surface area contributed by atoms with Gasteiger partial charge in [-0.2, -0.15) is 13.2 Å². The minimum Gasteiger partial charge on any atom is -0.497 e. The lowest BCUT2D eigenvalue weighted by Gasteiger charge is -2.17. The zero-order valence-electron chi connectivity index (χ0n) is 21.7. The summed E-state index contributed by atoms with van der Waals surface area (Å²) in [7, 11) is 1.41. The van der Waals surface area contributed by atoms with E-state index in [9.17, 15) is 32.3 Å². The van der Waals surface area contributed by atoms with E-state index < -0.39 is 52.5 Å². The molecule has 0 unspecified atom stereocenters. The van der Waals surface area contributed by atoms with Crippen molar-refractivity contribution in [1.82, 2.24) is 4.90 Å². The van der Waals surface area contributed by atoms with Crippen LogP contribution in [0.5, 0.6) is 23.0 Å². The van der Waals surface area contributed by atoms with Crippen molar-refractivity contribution >= 4 is 28.8 Å². The predicted octanol–water partition coefficient (Wildman–Crippen LogP) is 5.84. The third-order valence-corrected chi connectivity index (χ3v) is 6.24. The first-order valence-corrected chi connectivity index (χ1v) is 12.1. The molecule has 4 aromatic rings. The second kappa shape index (κ2) is 10.1. The van der Waals surface area contributed by atoms with Gasteiger partial charge in [0, 0.05) is 12.1 Å². The van der Waals surface area contributed by atoms with Gasteiger partial charge in [-0.25, -0.2) is 4.79 Å². The number of methoxy groups -OCH3 is 1. The van der Waals surface area contributed by atoms with Crippen LogP contribution in [0, 0.1) is 0 Å². The van der Waals surface area contributed by atoms with Gasteiger partial charge in [0.2, 0.25) is 11.2 Å². The highest BCUT2D eigenvalue weighted by atomic mass is 19.4. The summed E-state index contributed by atoms with van der Waals surface area (Å²) in [6.07, 6.45) is -5.10. The number of alkyl halides is 3. The number of esters is 1. The molecule has 0 N–H and O–H groups in total. The molecule has 2 heterocycles. The van der Waals surface area contributed by atoms with Gasteiger partial charge < -0.3 is 18.6 Å². The Morgan fingerprint density at radius 1 is 0.854 bits per heavy atom. The quantitative estimate of drug-likeness (QED) is 0.162. The number of imide groups is 1. The van der Waals surface area contributed by atoms with Crippen LogP contribution in [0.25, 0.3) is 11.0 Å². The minimum absolute atomic E-state index is 0.0295. The number of hydrogen-bond donors (Lipinski definition) is 0. The second-order valence-electron chi connectivity index (χ2n) is 9.25. The SMILES string of the molecule is COc1ccc(Oc2c(C(F)(F)F)oc3cc(OC(=O)c4ccc5c(c4)C(=O)N(C(C)C)C5=O)ccc3c2=O)cc1. The Kier molecular flexibility index (Phi) is 6.77. The van der Waals surface area contributed by atoms with Crippen LogP contribution in [-0.2, 0) is 6.18 Å². The third-order valence-electron chi connectivity index (χ3n) is 6.24. The fraction of sp³-hybridized carbons (Fsp3) is 0.172. The fourth-order valence-electron chi connectivity index (χ4n) is 4.28. The number of nitrogens with zero attached hydrogens (tertiary/aromatic N) is 1. The van der Waals surface area contributed by atoms with Crippen molar-refractivity contribution in [3.05, 3.63) is 93.3 Å². The smallest absolute Gasteiger partial charge is 0.453 e. The number of amides is 2. The van der Waals surface area contributed by atoms with Gasteiger partial charge in [0.05, 0.1) is 29.2 Å². The van der Waals surface area contributed by atoms with E-state index >= 15 is 0 Å². The maximum atomic E-state index is 13.9. The first-order chi connectivity index (χ1) is 19.4. The highest BCUT2D eigenvalue weighted by molar-refractivity contribution is 6.22. The zero-order chi connectivity index (χ0) is 29.6. The topological polar surface area (TPSA) is 112 Å². The molecule has 0 saturated carbocycles. The summed E-state index contributed by atoms with van der Waals surface area (Å²) in [5.41, 5.74) is -1.50. The summed E-state index contributed by atoms with van der Waals surface area (Å²) in [6, 6.07) is 12.3. The largest absolute Gasteiger partial charge is 0.497 e. The highest BCUT2D eigenvalue weighted by Crippen LogP contribution is 2.39. The number of carbonyl (C=O) groups excluding carboxylic acids is 3. The molecule has 9 nitrogen and oxygen atoms in total. The Morgan fingerprint density at radius 2 is 1.49 bits per heavy atom. The molecule has 0 atom stereocenters. The number of carbonyl (C=O) groups is 3. The van der Waals surface area contributed by atoms with Crippen LogP contribution < -0.4 is 19.6 Å². The van der Waals surface area contributed by atoms with Crippen LogP contribution in [-0.4, -0.2) is 35.8 Å². The number of fused-ring (bicyclic) bond motifs is 2. The maximum absolute atomic E-state index is 13.9. The maximum Gasteiger partial charge on any atom is 0.453 e. The van der Waals surface area contributed by atoms with Gasteiger partial charge in [0.15, 0.2) is 0 Å². The number of benzene rings is 3. The van der Waals surface area contributed by atoms with E-state index in [-0.39, 0.29) is 33.6 Å². The molecule has 0 bridgehead atoms. The van der Waals surface area contributed by atoms with Crippen LogP contribution in [0.3, 0.4) is 0 Å². The van der Waals surface area contributed by atoms with Crippen molar-refractivity contribution in [2.24, 2.45) is 0 Å². The van der Waals surface area contributed by atoms with Crippen LogP contribution >= 0.6 is 0 Å². The van der Waals surface area contributed by atoms with E-state index in [0.29, 0.717) is 5.75 Å². The Bertz CT molecular complexity index is 1770. The molecule has 3 aromatic carbocycles. The molecule has 1 aromatic heterocycles. The van der Waals surface area contributed by atoms with E-state index in [1.54, 1.807) is 13.8 Å². The number of ether oxygens (including phenoxy) is 3. The number of halogens is 3. The highest BCUT2D eigenvalue weighted by Gasteiger charge is 2.41. The Labute approximate surface area is 229 Å². The predicted molar refractivity (Wildman–Crippen MR) is 138 cm³/mol. The van der Waals surface area contributed by atoms with Crippen molar-refractivity contribution in [3.63, 3.8) is 0 Å². The molecule has 0 radical (unpaired) electrons. The molecular formula is C29H20F3NO8. The van der Waals surface area contributed by atoms with Gasteiger partial charge in [0.1, 0.15) is 22.8 Å². The summed E-state index contributed by atoms with van der Waals surface area (Å²) in [4.78, 5) is 52.0. The van der Waals surface area contributed by atoms with Crippen LogP contribution in [0.1, 0.15) is 50.7 Å². The van der Waals surface area contributed by atoms with Gasteiger partial charge in [-0.1, -0.05) is 0 Å². The van der Waals surface area contributed by atoms with Crippen molar-refractivity contribution in [2.75, 3.05) is 7.11 Å². The molecule has 41 heavy (non-hydrogen) atoms. The summed E-state index contributed by atoms with van der Waals surface area (Å²) in [5.74, 6) is -4.59. The Balaban J connectivity index is 1.46. The molecular weight excluding hydrogens is 547 g/mol. The molecule has 2 amide bonds. The van der Waals surface area contributed by atoms with Crippen molar-refractivity contribution in [2.45, 2.75) is 26.1 Å². The summed E-state index contributed by atoms with van der Waals surface area (Å²) in [6.45, 7) is 3.35. The summed E-state index contributed by atoms with van der Waals surface area (Å²) < 4.78 is 62.3. The first kappa shape index (κ1) is 27.4. The van der Waals surface area contributed by atoms with Crippen molar-refractivity contribution < 1.29 is 46.2 Å². The Morgan fingerprint density at radius 3 is 2.12 bits per heavy atom. The normalized spacial score (nSPS) is 13.1. The van der Waals surface area contributed by atoms with Gasteiger partial charge in [-0.3, -0.25) is 19.3 Å². The lowest BCUT2D eigenvalue weighted by Crippen LogP contribution is -2.35. The van der Waals surface area contributed by atoms with Gasteiger partial charge in [-0.15, -0.1) is 0 Å². The van der Waals surface area contributed by atoms with E-state index in [0.717, 1.165) is 17.0 Å². The lowest BCUT2D eigenvalue weighted by atomic mass is 10.1. The van der Waals surface area contributed by atoms with E-state index in [4.69, 9.17) is 18.6 Å². The standard InChI is InChI=1S/C29H20F3NO8/c1-14(2)33-26(35)19-10-4-15(12-21(19)27(33)36)28(37)40-18-9-11-20-22(13-18)41-25(29(30,31)32)24(23(20)34)39-17-7-5-16(38-3)6-8-17/h4-14H,1-3H3. The number of rotatable bonds is 6. The van der Waals surface area contributed by atoms with E-state index in [1.165, 1.54) is 55.6 Å². The van der Waals surface area contributed by atoms with E-state index in [2.05, 4.69) is 0 Å². The zero-order valence-corrected chi connectivity index (χ0v) is 21.7. The lowest BCUT2D eigenvalue weighted by molar-refractivity contribution is -0.154. The third kappa shape index (κ3) is 4.99.